The molecule has 0 saturated carbocycles. The van der Waals surface area contributed by atoms with E-state index in [2.05, 4.69) is 10.2 Å². The SMILES string of the molecule is COCCCN1C(=O)c2[nH]nc(-c3cc(Cl)c(C)cc3O)c2C1c1cccc(Oc2ccccc2)c1. The average Bonchev–Trinajstić information content (AvgIpc) is 3.41. The molecule has 36 heavy (non-hydrogen) atoms. The highest BCUT2D eigenvalue weighted by molar-refractivity contribution is 6.31. The van der Waals surface area contributed by atoms with E-state index < -0.39 is 6.04 Å². The number of methoxy groups -OCH3 is 1. The number of aromatic nitrogens is 2. The molecule has 0 saturated heterocycles. The Morgan fingerprint density at radius 2 is 1.86 bits per heavy atom. The molecule has 4 aromatic rings. The van der Waals surface area contributed by atoms with Gasteiger partial charge in [-0.3, -0.25) is 9.89 Å². The van der Waals surface area contributed by atoms with Gasteiger partial charge in [0.15, 0.2) is 0 Å². The molecule has 1 aromatic heterocycles. The molecule has 1 atom stereocenters. The maximum absolute atomic E-state index is 13.5. The van der Waals surface area contributed by atoms with E-state index in [4.69, 9.17) is 21.1 Å². The summed E-state index contributed by atoms with van der Waals surface area (Å²) < 4.78 is 11.3. The fraction of sp³-hybridized carbons (Fsp3) is 0.214. The summed E-state index contributed by atoms with van der Waals surface area (Å²) >= 11 is 6.39. The van der Waals surface area contributed by atoms with Crippen LogP contribution in [0, 0.1) is 6.92 Å². The van der Waals surface area contributed by atoms with Gasteiger partial charge in [-0.05, 0) is 60.9 Å². The number of carbonyl (C=O) groups is 1. The van der Waals surface area contributed by atoms with E-state index in [1.807, 2.05) is 61.5 Å². The zero-order chi connectivity index (χ0) is 25.2. The largest absolute Gasteiger partial charge is 0.507 e. The van der Waals surface area contributed by atoms with Crippen LogP contribution in [-0.2, 0) is 4.74 Å². The molecule has 7 nitrogen and oxygen atoms in total. The molecule has 8 heteroatoms. The smallest absolute Gasteiger partial charge is 0.273 e. The van der Waals surface area contributed by atoms with Gasteiger partial charge in [0, 0.05) is 36.4 Å². The lowest BCUT2D eigenvalue weighted by Crippen LogP contribution is -2.31. The molecule has 0 spiro atoms. The maximum Gasteiger partial charge on any atom is 0.273 e. The van der Waals surface area contributed by atoms with Crippen molar-refractivity contribution in [3.63, 3.8) is 0 Å². The van der Waals surface area contributed by atoms with Crippen LogP contribution in [0.15, 0.2) is 66.7 Å². The van der Waals surface area contributed by atoms with E-state index in [-0.39, 0.29) is 11.7 Å². The van der Waals surface area contributed by atoms with Gasteiger partial charge in [0.05, 0.1) is 6.04 Å². The van der Waals surface area contributed by atoms with E-state index in [1.165, 1.54) is 0 Å². The second-order valence-electron chi connectivity index (χ2n) is 8.71. The zero-order valence-corrected chi connectivity index (χ0v) is 20.7. The number of para-hydroxylation sites is 1. The third-order valence-corrected chi connectivity index (χ3v) is 6.70. The predicted molar refractivity (Wildman–Crippen MR) is 138 cm³/mol. The third kappa shape index (κ3) is 4.43. The van der Waals surface area contributed by atoms with Gasteiger partial charge < -0.3 is 19.5 Å². The van der Waals surface area contributed by atoms with Gasteiger partial charge in [-0.2, -0.15) is 5.10 Å². The lowest BCUT2D eigenvalue weighted by molar-refractivity contribution is 0.0723. The first-order valence-electron chi connectivity index (χ1n) is 11.7. The summed E-state index contributed by atoms with van der Waals surface area (Å²) in [6.07, 6.45) is 0.674. The van der Waals surface area contributed by atoms with Crippen molar-refractivity contribution >= 4 is 17.5 Å². The van der Waals surface area contributed by atoms with Crippen LogP contribution in [-0.4, -0.2) is 46.4 Å². The molecule has 2 N–H and O–H groups in total. The minimum Gasteiger partial charge on any atom is -0.507 e. The summed E-state index contributed by atoms with van der Waals surface area (Å²) in [5, 5.41) is 18.6. The molecule has 0 aliphatic carbocycles. The molecule has 1 aliphatic heterocycles. The minimum absolute atomic E-state index is 0.0522. The Bertz CT molecular complexity index is 1400. The highest BCUT2D eigenvalue weighted by Gasteiger charge is 2.42. The molecule has 2 heterocycles. The number of rotatable bonds is 8. The Morgan fingerprint density at radius 1 is 1.08 bits per heavy atom. The first kappa shape index (κ1) is 23.9. The predicted octanol–water partition coefficient (Wildman–Crippen LogP) is 6.12. The monoisotopic (exact) mass is 503 g/mol. The number of amides is 1. The van der Waals surface area contributed by atoms with Crippen molar-refractivity contribution in [3.05, 3.63) is 94.1 Å². The van der Waals surface area contributed by atoms with Gasteiger partial charge in [0.1, 0.15) is 28.6 Å². The number of aryl methyl sites for hydroxylation is 1. The molecule has 5 rings (SSSR count). The number of nitrogens with one attached hydrogen (secondary N) is 1. The lowest BCUT2D eigenvalue weighted by Gasteiger charge is -2.26. The van der Waals surface area contributed by atoms with Gasteiger partial charge in [0.25, 0.3) is 5.91 Å². The van der Waals surface area contributed by atoms with Crippen LogP contribution in [0.3, 0.4) is 0 Å². The number of halogens is 1. The van der Waals surface area contributed by atoms with Crippen molar-refractivity contribution in [1.82, 2.24) is 15.1 Å². The van der Waals surface area contributed by atoms with Crippen LogP contribution in [0.4, 0.5) is 0 Å². The fourth-order valence-corrected chi connectivity index (χ4v) is 4.75. The normalized spacial score (nSPS) is 14.8. The van der Waals surface area contributed by atoms with E-state index in [0.717, 1.165) is 16.9 Å². The number of aromatic hydroxyl groups is 1. The number of benzene rings is 3. The van der Waals surface area contributed by atoms with Crippen molar-refractivity contribution < 1.29 is 19.4 Å². The van der Waals surface area contributed by atoms with Crippen molar-refractivity contribution in [3.8, 4) is 28.5 Å². The van der Waals surface area contributed by atoms with Crippen LogP contribution in [0.1, 0.15) is 39.6 Å². The lowest BCUT2D eigenvalue weighted by atomic mass is 9.95. The highest BCUT2D eigenvalue weighted by atomic mass is 35.5. The van der Waals surface area contributed by atoms with E-state index in [1.54, 1.807) is 24.1 Å². The number of fused-ring (bicyclic) bond motifs is 1. The number of phenols is 1. The van der Waals surface area contributed by atoms with Crippen molar-refractivity contribution in [1.29, 1.82) is 0 Å². The van der Waals surface area contributed by atoms with Crippen LogP contribution >= 0.6 is 11.6 Å². The van der Waals surface area contributed by atoms with Crippen LogP contribution < -0.4 is 4.74 Å². The molecule has 1 unspecified atom stereocenters. The standard InChI is InChI=1S/C28H26ClN3O4/c1-17-14-23(33)21(16-22(17)29)25-24-26(31-30-25)28(34)32(12-7-13-35-2)27(24)18-8-6-11-20(15-18)36-19-9-4-3-5-10-19/h3-6,8-11,14-16,27,33H,7,12-13H2,1-2H3,(H,30,31). The summed E-state index contributed by atoms with van der Waals surface area (Å²) in [5.74, 6) is 1.27. The number of carbonyl (C=O) groups excluding carboxylic acids is 1. The number of hydrogen-bond donors (Lipinski definition) is 2. The van der Waals surface area contributed by atoms with Gasteiger partial charge in [0.2, 0.25) is 0 Å². The number of ether oxygens (including phenoxy) is 2. The zero-order valence-electron chi connectivity index (χ0n) is 20.0. The maximum atomic E-state index is 13.5. The Hall–Kier alpha value is -3.81. The second kappa shape index (κ2) is 10.0. The molecule has 3 aromatic carbocycles. The van der Waals surface area contributed by atoms with Gasteiger partial charge in [-0.1, -0.05) is 41.9 Å². The molecule has 1 amide bonds. The first-order valence-corrected chi connectivity index (χ1v) is 12.1. The Morgan fingerprint density at radius 3 is 2.64 bits per heavy atom. The van der Waals surface area contributed by atoms with Gasteiger partial charge >= 0.3 is 0 Å². The summed E-state index contributed by atoms with van der Waals surface area (Å²) in [6.45, 7) is 2.84. The molecule has 0 fully saturated rings. The Balaban J connectivity index is 1.60. The summed E-state index contributed by atoms with van der Waals surface area (Å²) in [7, 11) is 1.64. The average molecular weight is 504 g/mol. The first-order chi connectivity index (χ1) is 17.5. The molecule has 1 aliphatic rings. The number of aromatic amines is 1. The van der Waals surface area contributed by atoms with Crippen molar-refractivity contribution in [2.45, 2.75) is 19.4 Å². The van der Waals surface area contributed by atoms with E-state index in [0.29, 0.717) is 52.9 Å². The summed E-state index contributed by atoms with van der Waals surface area (Å²) in [5.41, 5.74) is 3.68. The molecule has 184 valence electrons. The number of phenolic OH excluding ortho intramolecular Hbond substituents is 1. The van der Waals surface area contributed by atoms with Crippen LogP contribution in [0.2, 0.25) is 5.02 Å². The molecule has 0 bridgehead atoms. The Labute approximate surface area is 214 Å². The third-order valence-electron chi connectivity index (χ3n) is 6.30. The van der Waals surface area contributed by atoms with Crippen molar-refractivity contribution in [2.75, 3.05) is 20.3 Å². The van der Waals surface area contributed by atoms with E-state index in [9.17, 15) is 9.90 Å². The Kier molecular flexibility index (Phi) is 6.67. The van der Waals surface area contributed by atoms with Gasteiger partial charge in [-0.15, -0.1) is 0 Å². The van der Waals surface area contributed by atoms with Crippen LogP contribution in [0.5, 0.6) is 17.2 Å². The molecular weight excluding hydrogens is 478 g/mol. The quantitative estimate of drug-likeness (QED) is 0.283. The topological polar surface area (TPSA) is 87.7 Å². The van der Waals surface area contributed by atoms with Crippen molar-refractivity contribution in [2.24, 2.45) is 0 Å². The summed E-state index contributed by atoms with van der Waals surface area (Å²) in [4.78, 5) is 15.3. The number of hydrogen-bond acceptors (Lipinski definition) is 5. The fourth-order valence-electron chi connectivity index (χ4n) is 4.59. The number of H-pyrrole nitrogens is 1. The highest BCUT2D eigenvalue weighted by Crippen LogP contribution is 2.46. The molecule has 0 radical (unpaired) electrons. The van der Waals surface area contributed by atoms with E-state index >= 15 is 0 Å². The minimum atomic E-state index is -0.433. The number of nitrogens with zero attached hydrogens (tertiary/aromatic N) is 2. The summed E-state index contributed by atoms with van der Waals surface area (Å²) in [6, 6.07) is 20.1. The van der Waals surface area contributed by atoms with Gasteiger partial charge in [-0.25, -0.2) is 0 Å². The second-order valence-corrected chi connectivity index (χ2v) is 9.12. The molecular formula is C28H26ClN3O4. The van der Waals surface area contributed by atoms with Crippen LogP contribution in [0.25, 0.3) is 11.3 Å².